The van der Waals surface area contributed by atoms with E-state index in [9.17, 15) is 18.0 Å². The van der Waals surface area contributed by atoms with Gasteiger partial charge in [0.25, 0.3) is 0 Å². The Balaban J connectivity index is 1.12. The number of aromatic amines is 1. The lowest BCUT2D eigenvalue weighted by Crippen LogP contribution is -2.23. The Kier molecular flexibility index (Phi) is 6.05. The number of hydrogen-bond acceptors (Lipinski definition) is 5. The molecule has 10 heteroatoms. The zero-order chi connectivity index (χ0) is 23.9. The molecule has 0 bridgehead atoms. The van der Waals surface area contributed by atoms with Crippen LogP contribution in [0.1, 0.15) is 36.3 Å². The van der Waals surface area contributed by atoms with Gasteiger partial charge in [0.15, 0.2) is 11.0 Å². The summed E-state index contributed by atoms with van der Waals surface area (Å²) in [6, 6.07) is 9.24. The zero-order valence-corrected chi connectivity index (χ0v) is 19.6. The van der Waals surface area contributed by atoms with Gasteiger partial charge in [0, 0.05) is 37.2 Å². The highest BCUT2D eigenvalue weighted by Crippen LogP contribution is 2.65. The Morgan fingerprint density at radius 2 is 2.03 bits per heavy atom. The van der Waals surface area contributed by atoms with Crippen LogP contribution in [0, 0.1) is 5.41 Å². The van der Waals surface area contributed by atoms with Crippen LogP contribution in [0.4, 0.5) is 13.2 Å². The van der Waals surface area contributed by atoms with Crippen LogP contribution in [0.5, 0.6) is 0 Å². The SMILES string of the molecule is Cn1c(SCCCN2CC[C@@]3(C[C@@H]3c3ccccc3C(F)(F)F)C2)nnc1-c1ccc(=O)[nH]c1. The summed E-state index contributed by atoms with van der Waals surface area (Å²) in [5.41, 5.74) is 0.634. The van der Waals surface area contributed by atoms with Crippen LogP contribution in [0.3, 0.4) is 0 Å². The molecule has 0 unspecified atom stereocenters. The molecular weight excluding hydrogens is 463 g/mol. The number of alkyl halides is 3. The first-order valence-corrected chi connectivity index (χ1v) is 12.4. The summed E-state index contributed by atoms with van der Waals surface area (Å²) < 4.78 is 42.2. The van der Waals surface area contributed by atoms with Crippen molar-refractivity contribution in [1.82, 2.24) is 24.6 Å². The molecule has 1 N–H and O–H groups in total. The number of H-pyrrole nitrogens is 1. The second kappa shape index (κ2) is 8.88. The van der Waals surface area contributed by atoms with Crippen molar-refractivity contribution in [2.45, 2.75) is 36.5 Å². The maximum absolute atomic E-state index is 13.4. The minimum absolute atomic E-state index is 0.00362. The number of aromatic nitrogens is 4. The molecule has 1 aliphatic heterocycles. The van der Waals surface area contributed by atoms with Gasteiger partial charge in [-0.3, -0.25) is 4.79 Å². The molecular formula is C24H26F3N5OS. The average Bonchev–Trinajstić information content (AvgIpc) is 3.15. The van der Waals surface area contributed by atoms with Crippen LogP contribution in [-0.4, -0.2) is 50.0 Å². The largest absolute Gasteiger partial charge is 0.416 e. The van der Waals surface area contributed by atoms with Gasteiger partial charge in [-0.15, -0.1) is 10.2 Å². The van der Waals surface area contributed by atoms with Crippen molar-refractivity contribution >= 4 is 11.8 Å². The highest BCUT2D eigenvalue weighted by Gasteiger charge is 2.59. The zero-order valence-electron chi connectivity index (χ0n) is 18.8. The van der Waals surface area contributed by atoms with Crippen molar-refractivity contribution in [3.05, 3.63) is 64.1 Å². The minimum Gasteiger partial charge on any atom is -0.328 e. The van der Waals surface area contributed by atoms with Gasteiger partial charge in [0.05, 0.1) is 5.56 Å². The van der Waals surface area contributed by atoms with Crippen LogP contribution in [-0.2, 0) is 13.2 Å². The van der Waals surface area contributed by atoms with E-state index in [-0.39, 0.29) is 16.9 Å². The molecule has 2 aromatic heterocycles. The second-order valence-electron chi connectivity index (χ2n) is 9.24. The van der Waals surface area contributed by atoms with Crippen molar-refractivity contribution in [1.29, 1.82) is 0 Å². The molecule has 1 saturated heterocycles. The first kappa shape index (κ1) is 23.2. The van der Waals surface area contributed by atoms with Gasteiger partial charge in [0.2, 0.25) is 5.56 Å². The molecule has 1 spiro atoms. The van der Waals surface area contributed by atoms with Gasteiger partial charge < -0.3 is 14.5 Å². The summed E-state index contributed by atoms with van der Waals surface area (Å²) in [7, 11) is 1.90. The molecule has 3 heterocycles. The van der Waals surface area contributed by atoms with E-state index in [1.807, 2.05) is 11.6 Å². The average molecular weight is 490 g/mol. The molecule has 0 amide bonds. The lowest BCUT2D eigenvalue weighted by molar-refractivity contribution is -0.138. The lowest BCUT2D eigenvalue weighted by Gasteiger charge is -2.17. The van der Waals surface area contributed by atoms with Gasteiger partial charge in [-0.05, 0) is 61.4 Å². The number of thioether (sulfide) groups is 1. The quantitative estimate of drug-likeness (QED) is 0.390. The molecule has 6 nitrogen and oxygen atoms in total. The molecule has 5 rings (SSSR count). The summed E-state index contributed by atoms with van der Waals surface area (Å²) in [5.74, 6) is 1.58. The molecule has 180 valence electrons. The Labute approximate surface area is 199 Å². The number of nitrogens with zero attached hydrogens (tertiary/aromatic N) is 4. The maximum atomic E-state index is 13.4. The normalized spacial score (nSPS) is 22.5. The standard InChI is InChI=1S/C24H26F3N5OS/c1-31-21(16-7-8-20(33)28-14-16)29-30-22(31)34-12-4-10-32-11-9-23(15-32)13-19(23)17-5-2-3-6-18(17)24(25,26)27/h2-3,5-8,14,19H,4,9-13,15H2,1H3,(H,28,33)/t19-,23-/m1/s1. The first-order chi connectivity index (χ1) is 16.3. The number of benzene rings is 1. The molecule has 2 fully saturated rings. The monoisotopic (exact) mass is 489 g/mol. The summed E-state index contributed by atoms with van der Waals surface area (Å²) in [6.45, 7) is 2.73. The predicted octanol–water partition coefficient (Wildman–Crippen LogP) is 4.55. The number of halogens is 3. The van der Waals surface area contributed by atoms with Crippen molar-refractivity contribution < 1.29 is 13.2 Å². The number of nitrogens with one attached hydrogen (secondary N) is 1. The van der Waals surface area contributed by atoms with Crippen molar-refractivity contribution in [3.8, 4) is 11.4 Å². The Morgan fingerprint density at radius 1 is 1.21 bits per heavy atom. The highest BCUT2D eigenvalue weighted by atomic mass is 32.2. The summed E-state index contributed by atoms with van der Waals surface area (Å²) in [5, 5.41) is 9.32. The highest BCUT2D eigenvalue weighted by molar-refractivity contribution is 7.99. The summed E-state index contributed by atoms with van der Waals surface area (Å²) in [4.78, 5) is 16.3. The van der Waals surface area contributed by atoms with E-state index < -0.39 is 11.7 Å². The van der Waals surface area contributed by atoms with E-state index in [1.165, 1.54) is 18.2 Å². The smallest absolute Gasteiger partial charge is 0.328 e. The minimum atomic E-state index is -4.30. The van der Waals surface area contributed by atoms with E-state index in [1.54, 1.807) is 36.2 Å². The first-order valence-electron chi connectivity index (χ1n) is 11.4. The van der Waals surface area contributed by atoms with E-state index >= 15 is 0 Å². The summed E-state index contributed by atoms with van der Waals surface area (Å²) in [6.07, 6.45) is 0.0988. The van der Waals surface area contributed by atoms with Gasteiger partial charge >= 0.3 is 6.18 Å². The third-order valence-corrected chi connectivity index (χ3v) is 8.13. The third-order valence-electron chi connectivity index (χ3n) is 7.02. The summed E-state index contributed by atoms with van der Waals surface area (Å²) >= 11 is 1.63. The van der Waals surface area contributed by atoms with Crippen LogP contribution < -0.4 is 5.56 Å². The van der Waals surface area contributed by atoms with E-state index in [0.29, 0.717) is 11.4 Å². The molecule has 1 aromatic carbocycles. The number of hydrogen-bond donors (Lipinski definition) is 1. The fraction of sp³-hybridized carbons (Fsp3) is 0.458. The number of pyridine rings is 1. The molecule has 3 aromatic rings. The molecule has 0 radical (unpaired) electrons. The molecule has 1 saturated carbocycles. The van der Waals surface area contributed by atoms with E-state index in [4.69, 9.17) is 0 Å². The van der Waals surface area contributed by atoms with Crippen molar-refractivity contribution in [2.24, 2.45) is 12.5 Å². The fourth-order valence-electron chi connectivity index (χ4n) is 5.17. The van der Waals surface area contributed by atoms with Crippen molar-refractivity contribution in [3.63, 3.8) is 0 Å². The lowest BCUT2D eigenvalue weighted by atomic mass is 9.95. The Morgan fingerprint density at radius 3 is 2.79 bits per heavy atom. The number of likely N-dealkylation sites (tertiary alicyclic amines) is 1. The molecule has 2 atom stereocenters. The van der Waals surface area contributed by atoms with Crippen LogP contribution >= 0.6 is 11.8 Å². The molecule has 2 aliphatic rings. The Hall–Kier alpha value is -2.59. The Bertz CT molecular complexity index is 1220. The van der Waals surface area contributed by atoms with Crippen LogP contribution in [0.15, 0.2) is 52.5 Å². The van der Waals surface area contributed by atoms with Gasteiger partial charge in [-0.2, -0.15) is 13.2 Å². The van der Waals surface area contributed by atoms with Gasteiger partial charge in [-0.1, -0.05) is 30.0 Å². The molecule has 34 heavy (non-hydrogen) atoms. The van der Waals surface area contributed by atoms with Gasteiger partial charge in [-0.25, -0.2) is 0 Å². The maximum Gasteiger partial charge on any atom is 0.416 e. The number of rotatable bonds is 7. The topological polar surface area (TPSA) is 66.8 Å². The predicted molar refractivity (Wildman–Crippen MR) is 125 cm³/mol. The second-order valence-corrected chi connectivity index (χ2v) is 10.3. The molecule has 1 aliphatic carbocycles. The van der Waals surface area contributed by atoms with E-state index in [2.05, 4.69) is 20.1 Å². The van der Waals surface area contributed by atoms with Crippen molar-refractivity contribution in [2.75, 3.05) is 25.4 Å². The van der Waals surface area contributed by atoms with E-state index in [0.717, 1.165) is 55.4 Å². The van der Waals surface area contributed by atoms with Gasteiger partial charge in [0.1, 0.15) is 0 Å². The van der Waals surface area contributed by atoms with Crippen LogP contribution in [0.25, 0.3) is 11.4 Å². The third kappa shape index (κ3) is 4.53. The fourth-order valence-corrected chi connectivity index (χ4v) is 6.00. The van der Waals surface area contributed by atoms with Crippen LogP contribution in [0.2, 0.25) is 0 Å².